The van der Waals surface area contributed by atoms with Crippen molar-refractivity contribution in [2.75, 3.05) is 26.3 Å². The lowest BCUT2D eigenvalue weighted by Crippen LogP contribution is -2.37. The summed E-state index contributed by atoms with van der Waals surface area (Å²) in [6, 6.07) is 4.09. The smallest absolute Gasteiger partial charge is 0.231 e. The Morgan fingerprint density at radius 1 is 1.22 bits per heavy atom. The summed E-state index contributed by atoms with van der Waals surface area (Å²) < 4.78 is 11.1. The minimum atomic E-state index is -0.281. The number of amides is 1. The molecule has 1 aromatic carbocycles. The molecule has 0 saturated heterocycles. The number of nitrogens with zero attached hydrogens (tertiary/aromatic N) is 1. The van der Waals surface area contributed by atoms with Gasteiger partial charge in [-0.3, -0.25) is 9.69 Å². The third-order valence-corrected chi connectivity index (χ3v) is 3.34. The van der Waals surface area contributed by atoms with Gasteiger partial charge in [0.2, 0.25) is 5.91 Å². The summed E-state index contributed by atoms with van der Waals surface area (Å²) in [7, 11) is 0. The highest BCUT2D eigenvalue weighted by molar-refractivity contribution is 5.76. The average molecular weight is 248 g/mol. The lowest BCUT2D eigenvalue weighted by Gasteiger charge is -2.29. The number of ether oxygens (including phenoxy) is 2. The number of carbonyl (C=O) groups excluding carboxylic acids is 1. The molecule has 18 heavy (non-hydrogen) atoms. The van der Waals surface area contributed by atoms with E-state index in [2.05, 4.69) is 11.0 Å². The molecular formula is C13H16N2O3. The zero-order chi connectivity index (χ0) is 12.5. The van der Waals surface area contributed by atoms with Gasteiger partial charge >= 0.3 is 0 Å². The van der Waals surface area contributed by atoms with Gasteiger partial charge in [0, 0.05) is 13.1 Å². The van der Waals surface area contributed by atoms with E-state index in [0.717, 1.165) is 31.0 Å². The fraction of sp³-hybridized carbons (Fsp3) is 0.462. The van der Waals surface area contributed by atoms with Crippen molar-refractivity contribution in [3.8, 4) is 11.5 Å². The second-order valence-electron chi connectivity index (χ2n) is 4.69. The van der Waals surface area contributed by atoms with Crippen molar-refractivity contribution in [1.29, 1.82) is 0 Å². The van der Waals surface area contributed by atoms with Crippen LogP contribution in [0.1, 0.15) is 11.1 Å². The highest BCUT2D eigenvalue weighted by atomic mass is 16.6. The van der Waals surface area contributed by atoms with Crippen molar-refractivity contribution in [2.45, 2.75) is 13.0 Å². The third-order valence-electron chi connectivity index (χ3n) is 3.34. The Balaban J connectivity index is 1.84. The molecular weight excluding hydrogens is 232 g/mol. The van der Waals surface area contributed by atoms with E-state index in [1.807, 2.05) is 6.07 Å². The fourth-order valence-electron chi connectivity index (χ4n) is 2.51. The van der Waals surface area contributed by atoms with Crippen LogP contribution in [0.15, 0.2) is 12.1 Å². The number of fused-ring (bicyclic) bond motifs is 2. The normalized spacial score (nSPS) is 18.2. The van der Waals surface area contributed by atoms with E-state index in [9.17, 15) is 4.79 Å². The first-order chi connectivity index (χ1) is 8.72. The van der Waals surface area contributed by atoms with Crippen LogP contribution in [0, 0.1) is 0 Å². The van der Waals surface area contributed by atoms with Gasteiger partial charge in [-0.2, -0.15) is 0 Å². The molecule has 5 heteroatoms. The Hall–Kier alpha value is -1.75. The van der Waals surface area contributed by atoms with E-state index in [0.29, 0.717) is 19.8 Å². The molecule has 0 unspecified atom stereocenters. The Morgan fingerprint density at radius 2 is 1.89 bits per heavy atom. The van der Waals surface area contributed by atoms with Crippen LogP contribution in [0.5, 0.6) is 11.5 Å². The third kappa shape index (κ3) is 2.13. The van der Waals surface area contributed by atoms with Gasteiger partial charge in [0.15, 0.2) is 11.5 Å². The summed E-state index contributed by atoms with van der Waals surface area (Å²) in [6.45, 7) is 3.12. The van der Waals surface area contributed by atoms with Gasteiger partial charge in [0.25, 0.3) is 0 Å². The second kappa shape index (κ2) is 4.49. The molecule has 5 nitrogen and oxygen atoms in total. The van der Waals surface area contributed by atoms with E-state index in [-0.39, 0.29) is 5.91 Å². The SMILES string of the molecule is NC(=O)CN1CCc2cc3c(cc2C1)OCCO3. The van der Waals surface area contributed by atoms with Crippen LogP contribution in [0.3, 0.4) is 0 Å². The Kier molecular flexibility index (Phi) is 2.83. The topological polar surface area (TPSA) is 64.8 Å². The van der Waals surface area contributed by atoms with Crippen LogP contribution >= 0.6 is 0 Å². The maximum atomic E-state index is 10.9. The zero-order valence-electron chi connectivity index (χ0n) is 10.1. The fourth-order valence-corrected chi connectivity index (χ4v) is 2.51. The number of rotatable bonds is 2. The Bertz CT molecular complexity index is 487. The predicted molar refractivity (Wildman–Crippen MR) is 65.6 cm³/mol. The number of primary amides is 1. The molecule has 0 aromatic heterocycles. The largest absolute Gasteiger partial charge is 0.486 e. The van der Waals surface area contributed by atoms with Gasteiger partial charge in [-0.05, 0) is 29.7 Å². The highest BCUT2D eigenvalue weighted by Crippen LogP contribution is 2.35. The van der Waals surface area contributed by atoms with Crippen LogP contribution < -0.4 is 15.2 Å². The summed E-state index contributed by atoms with van der Waals surface area (Å²) in [6.07, 6.45) is 0.916. The first-order valence-corrected chi connectivity index (χ1v) is 6.14. The minimum absolute atomic E-state index is 0.281. The van der Waals surface area contributed by atoms with Crippen molar-refractivity contribution >= 4 is 5.91 Å². The Labute approximate surface area is 105 Å². The maximum Gasteiger partial charge on any atom is 0.231 e. The van der Waals surface area contributed by atoms with Crippen LogP contribution in [-0.4, -0.2) is 37.1 Å². The van der Waals surface area contributed by atoms with Gasteiger partial charge in [-0.15, -0.1) is 0 Å². The second-order valence-corrected chi connectivity index (χ2v) is 4.69. The van der Waals surface area contributed by atoms with Crippen molar-refractivity contribution in [3.05, 3.63) is 23.3 Å². The summed E-state index contributed by atoms with van der Waals surface area (Å²) in [5, 5.41) is 0. The molecule has 0 fully saturated rings. The number of hydrogen-bond donors (Lipinski definition) is 1. The van der Waals surface area contributed by atoms with E-state index in [4.69, 9.17) is 15.2 Å². The van der Waals surface area contributed by atoms with Gasteiger partial charge in [-0.1, -0.05) is 0 Å². The van der Waals surface area contributed by atoms with Crippen LogP contribution in [0.4, 0.5) is 0 Å². The van der Waals surface area contributed by atoms with Crippen molar-refractivity contribution in [2.24, 2.45) is 5.73 Å². The van der Waals surface area contributed by atoms with E-state index in [1.165, 1.54) is 11.1 Å². The lowest BCUT2D eigenvalue weighted by atomic mass is 9.98. The van der Waals surface area contributed by atoms with Gasteiger partial charge in [0.05, 0.1) is 6.54 Å². The maximum absolute atomic E-state index is 10.9. The first-order valence-electron chi connectivity index (χ1n) is 6.14. The standard InChI is InChI=1S/C13H16N2O3/c14-13(16)8-15-2-1-9-5-11-12(6-10(9)7-15)18-4-3-17-11/h5-6H,1-4,7-8H2,(H2,14,16). The van der Waals surface area contributed by atoms with Crippen molar-refractivity contribution in [3.63, 3.8) is 0 Å². The quantitative estimate of drug-likeness (QED) is 0.817. The summed E-state index contributed by atoms with van der Waals surface area (Å²) in [4.78, 5) is 13.0. The van der Waals surface area contributed by atoms with E-state index >= 15 is 0 Å². The Morgan fingerprint density at radius 3 is 2.56 bits per heavy atom. The first kappa shape index (κ1) is 11.3. The van der Waals surface area contributed by atoms with Crippen LogP contribution in [0.25, 0.3) is 0 Å². The molecule has 2 aliphatic heterocycles. The minimum Gasteiger partial charge on any atom is -0.486 e. The molecule has 0 bridgehead atoms. The highest BCUT2D eigenvalue weighted by Gasteiger charge is 2.21. The lowest BCUT2D eigenvalue weighted by molar-refractivity contribution is -0.119. The van der Waals surface area contributed by atoms with Crippen LogP contribution in [0.2, 0.25) is 0 Å². The van der Waals surface area contributed by atoms with Crippen LogP contribution in [-0.2, 0) is 17.8 Å². The van der Waals surface area contributed by atoms with E-state index < -0.39 is 0 Å². The zero-order valence-corrected chi connectivity index (χ0v) is 10.1. The molecule has 0 saturated carbocycles. The average Bonchev–Trinajstić information content (AvgIpc) is 2.35. The molecule has 96 valence electrons. The van der Waals surface area contributed by atoms with Gasteiger partial charge in [-0.25, -0.2) is 0 Å². The molecule has 1 amide bonds. The number of hydrogen-bond acceptors (Lipinski definition) is 4. The summed E-state index contributed by atoms with van der Waals surface area (Å²) >= 11 is 0. The summed E-state index contributed by atoms with van der Waals surface area (Å²) in [5.74, 6) is 1.36. The summed E-state index contributed by atoms with van der Waals surface area (Å²) in [5.41, 5.74) is 7.71. The molecule has 0 atom stereocenters. The van der Waals surface area contributed by atoms with Gasteiger partial charge in [0.1, 0.15) is 13.2 Å². The monoisotopic (exact) mass is 248 g/mol. The number of carbonyl (C=O) groups is 1. The molecule has 1 aromatic rings. The number of nitrogens with two attached hydrogens (primary N) is 1. The molecule has 2 aliphatic rings. The molecule has 0 spiro atoms. The van der Waals surface area contributed by atoms with Crippen molar-refractivity contribution < 1.29 is 14.3 Å². The molecule has 0 aliphatic carbocycles. The number of benzene rings is 1. The molecule has 0 radical (unpaired) electrons. The van der Waals surface area contributed by atoms with E-state index in [1.54, 1.807) is 0 Å². The predicted octanol–water partition coefficient (Wildman–Crippen LogP) is 0.301. The molecule has 2 N–H and O–H groups in total. The molecule has 2 heterocycles. The molecule has 3 rings (SSSR count). The van der Waals surface area contributed by atoms with Crippen molar-refractivity contribution in [1.82, 2.24) is 4.90 Å². The van der Waals surface area contributed by atoms with Gasteiger partial charge < -0.3 is 15.2 Å².